The summed E-state index contributed by atoms with van der Waals surface area (Å²) in [6, 6.07) is -0.126. The molecule has 1 rings (SSSR count). The number of carbonyl (C=O) groups excluding carboxylic acids is 2. The Bertz CT molecular complexity index is 364. The van der Waals surface area contributed by atoms with Gasteiger partial charge in [-0.25, -0.2) is 0 Å². The summed E-state index contributed by atoms with van der Waals surface area (Å²) in [5.41, 5.74) is 4.94. The molecule has 1 saturated heterocycles. The summed E-state index contributed by atoms with van der Waals surface area (Å²) in [5, 5.41) is 2.91. The number of nitrogens with one attached hydrogen (secondary N) is 1. The maximum absolute atomic E-state index is 12.1. The number of hydrogen-bond donors (Lipinski definition) is 2. The molecule has 0 aromatic heterocycles. The quantitative estimate of drug-likeness (QED) is 0.825. The van der Waals surface area contributed by atoms with E-state index in [1.807, 2.05) is 32.6 Å². The minimum absolute atomic E-state index is 0. The Kier molecular flexibility index (Phi) is 6.49. The number of carbonyl (C=O) groups is 2. The van der Waals surface area contributed by atoms with Gasteiger partial charge in [-0.05, 0) is 34.1 Å². The van der Waals surface area contributed by atoms with Crippen molar-refractivity contribution in [3.8, 4) is 0 Å². The Hall–Kier alpha value is -0.810. The van der Waals surface area contributed by atoms with Crippen LogP contribution in [-0.4, -0.2) is 40.4 Å². The van der Waals surface area contributed by atoms with E-state index >= 15 is 0 Å². The second-order valence-corrected chi connectivity index (χ2v) is 6.72. The van der Waals surface area contributed by atoms with Gasteiger partial charge in [0, 0.05) is 18.5 Å². The molecule has 5 nitrogen and oxygen atoms in total. The van der Waals surface area contributed by atoms with Crippen LogP contribution in [0.15, 0.2) is 0 Å². The average Bonchev–Trinajstić information content (AvgIpc) is 2.58. The number of rotatable bonds is 4. The molecule has 1 aliphatic rings. The fourth-order valence-corrected chi connectivity index (χ4v) is 2.44. The van der Waals surface area contributed by atoms with E-state index in [9.17, 15) is 9.59 Å². The first-order valence-electron chi connectivity index (χ1n) is 6.98. The fourth-order valence-electron chi connectivity index (χ4n) is 2.44. The predicted octanol–water partition coefficient (Wildman–Crippen LogP) is 1.44. The highest BCUT2D eigenvalue weighted by atomic mass is 35.5. The molecule has 1 aliphatic heterocycles. The molecule has 2 amide bonds. The number of nitrogens with zero attached hydrogens (tertiary/aromatic N) is 1. The molecular weight excluding hydrogens is 278 g/mol. The first-order valence-corrected chi connectivity index (χ1v) is 6.98. The standard InChI is InChI=1S/C14H27N3O2.ClH/c1-6-7-14(5,15)12(19)16-10-8-11(18)17(9-10)13(2,3)4;/h10H,6-9,15H2,1-5H3,(H,16,19);1H. The first kappa shape index (κ1) is 19.2. The molecule has 0 radical (unpaired) electrons. The molecule has 2 atom stereocenters. The Labute approximate surface area is 128 Å². The van der Waals surface area contributed by atoms with Crippen molar-refractivity contribution < 1.29 is 9.59 Å². The highest BCUT2D eigenvalue weighted by Gasteiger charge is 2.38. The van der Waals surface area contributed by atoms with Gasteiger partial charge in [0.1, 0.15) is 0 Å². The van der Waals surface area contributed by atoms with Crippen molar-refractivity contribution in [2.75, 3.05) is 6.54 Å². The molecule has 2 unspecified atom stereocenters. The van der Waals surface area contributed by atoms with Gasteiger partial charge in [-0.2, -0.15) is 0 Å². The summed E-state index contributed by atoms with van der Waals surface area (Å²) in [4.78, 5) is 25.9. The molecule has 0 saturated carbocycles. The minimum atomic E-state index is -0.854. The third-order valence-electron chi connectivity index (χ3n) is 3.56. The molecule has 118 valence electrons. The Balaban J connectivity index is 0.00000361. The lowest BCUT2D eigenvalue weighted by atomic mass is 9.96. The summed E-state index contributed by atoms with van der Waals surface area (Å²) in [7, 11) is 0. The Morgan fingerprint density at radius 3 is 2.35 bits per heavy atom. The molecule has 1 heterocycles. The molecule has 0 bridgehead atoms. The summed E-state index contributed by atoms with van der Waals surface area (Å²) in [5.74, 6) is -0.0741. The molecule has 0 aromatic carbocycles. The van der Waals surface area contributed by atoms with Gasteiger partial charge in [0.15, 0.2) is 0 Å². The van der Waals surface area contributed by atoms with Crippen LogP contribution in [0.1, 0.15) is 53.9 Å². The molecule has 0 spiro atoms. The molecule has 0 aliphatic carbocycles. The average molecular weight is 306 g/mol. The zero-order valence-electron chi connectivity index (χ0n) is 13.2. The van der Waals surface area contributed by atoms with Crippen LogP contribution in [-0.2, 0) is 9.59 Å². The van der Waals surface area contributed by atoms with Gasteiger partial charge in [0.25, 0.3) is 0 Å². The van der Waals surface area contributed by atoms with E-state index in [4.69, 9.17) is 5.73 Å². The van der Waals surface area contributed by atoms with Gasteiger partial charge in [-0.3, -0.25) is 9.59 Å². The fraction of sp³-hybridized carbons (Fsp3) is 0.857. The second-order valence-electron chi connectivity index (χ2n) is 6.72. The van der Waals surface area contributed by atoms with E-state index in [-0.39, 0.29) is 35.8 Å². The number of nitrogens with two attached hydrogens (primary N) is 1. The SMILES string of the molecule is CCCC(C)(N)C(=O)NC1CC(=O)N(C(C)(C)C)C1.Cl. The number of halogens is 1. The van der Waals surface area contributed by atoms with Crippen LogP contribution in [0.25, 0.3) is 0 Å². The Morgan fingerprint density at radius 1 is 1.40 bits per heavy atom. The van der Waals surface area contributed by atoms with Crippen LogP contribution in [0.5, 0.6) is 0 Å². The van der Waals surface area contributed by atoms with Gasteiger partial charge in [0.05, 0.1) is 11.6 Å². The monoisotopic (exact) mass is 305 g/mol. The minimum Gasteiger partial charge on any atom is -0.349 e. The van der Waals surface area contributed by atoms with Gasteiger partial charge < -0.3 is 16.0 Å². The number of amides is 2. The Morgan fingerprint density at radius 2 is 1.95 bits per heavy atom. The van der Waals surface area contributed by atoms with E-state index in [1.54, 1.807) is 6.92 Å². The van der Waals surface area contributed by atoms with Crippen molar-refractivity contribution in [2.24, 2.45) is 5.73 Å². The number of likely N-dealkylation sites (tertiary alicyclic amines) is 1. The lowest BCUT2D eigenvalue weighted by Crippen LogP contribution is -2.54. The van der Waals surface area contributed by atoms with Crippen molar-refractivity contribution in [3.63, 3.8) is 0 Å². The molecular formula is C14H28ClN3O2. The smallest absolute Gasteiger partial charge is 0.240 e. The van der Waals surface area contributed by atoms with E-state index < -0.39 is 5.54 Å². The first-order chi connectivity index (χ1) is 8.58. The summed E-state index contributed by atoms with van der Waals surface area (Å²) in [6.45, 7) is 10.3. The van der Waals surface area contributed by atoms with E-state index in [0.29, 0.717) is 19.4 Å². The summed E-state index contributed by atoms with van der Waals surface area (Å²) >= 11 is 0. The van der Waals surface area contributed by atoms with Crippen LogP contribution in [0.4, 0.5) is 0 Å². The third-order valence-corrected chi connectivity index (χ3v) is 3.56. The molecule has 1 fully saturated rings. The van der Waals surface area contributed by atoms with Gasteiger partial charge >= 0.3 is 0 Å². The van der Waals surface area contributed by atoms with Crippen LogP contribution >= 0.6 is 12.4 Å². The van der Waals surface area contributed by atoms with Crippen LogP contribution in [0.2, 0.25) is 0 Å². The summed E-state index contributed by atoms with van der Waals surface area (Å²) in [6.07, 6.45) is 1.87. The van der Waals surface area contributed by atoms with Gasteiger partial charge in [-0.15, -0.1) is 12.4 Å². The van der Waals surface area contributed by atoms with Gasteiger partial charge in [-0.1, -0.05) is 13.3 Å². The normalized spacial score (nSPS) is 22.2. The molecule has 3 N–H and O–H groups in total. The van der Waals surface area contributed by atoms with Crippen LogP contribution in [0, 0.1) is 0 Å². The maximum atomic E-state index is 12.1. The van der Waals surface area contributed by atoms with E-state index in [2.05, 4.69) is 5.32 Å². The second kappa shape index (κ2) is 6.76. The van der Waals surface area contributed by atoms with E-state index in [0.717, 1.165) is 6.42 Å². The topological polar surface area (TPSA) is 75.4 Å². The predicted molar refractivity (Wildman–Crippen MR) is 82.8 cm³/mol. The summed E-state index contributed by atoms with van der Waals surface area (Å²) < 4.78 is 0. The maximum Gasteiger partial charge on any atom is 0.240 e. The zero-order valence-corrected chi connectivity index (χ0v) is 14.0. The van der Waals surface area contributed by atoms with Gasteiger partial charge in [0.2, 0.25) is 11.8 Å². The third kappa shape index (κ3) is 4.63. The van der Waals surface area contributed by atoms with Crippen molar-refractivity contribution in [1.29, 1.82) is 0 Å². The largest absolute Gasteiger partial charge is 0.349 e. The number of hydrogen-bond acceptors (Lipinski definition) is 3. The lowest BCUT2D eigenvalue weighted by Gasteiger charge is -2.32. The molecule has 20 heavy (non-hydrogen) atoms. The van der Waals surface area contributed by atoms with Crippen molar-refractivity contribution in [3.05, 3.63) is 0 Å². The zero-order chi connectivity index (χ0) is 14.8. The lowest BCUT2D eigenvalue weighted by molar-refractivity contribution is -0.131. The van der Waals surface area contributed by atoms with Crippen LogP contribution in [0.3, 0.4) is 0 Å². The molecule has 6 heteroatoms. The van der Waals surface area contributed by atoms with Crippen LogP contribution < -0.4 is 11.1 Å². The molecule has 0 aromatic rings. The highest BCUT2D eigenvalue weighted by Crippen LogP contribution is 2.22. The van der Waals surface area contributed by atoms with E-state index in [1.165, 1.54) is 0 Å². The highest BCUT2D eigenvalue weighted by molar-refractivity contribution is 5.87. The van der Waals surface area contributed by atoms with Crippen molar-refractivity contribution in [1.82, 2.24) is 10.2 Å². The van der Waals surface area contributed by atoms with Crippen molar-refractivity contribution >= 4 is 24.2 Å². The van der Waals surface area contributed by atoms with Crippen molar-refractivity contribution in [2.45, 2.75) is 71.0 Å².